The van der Waals surface area contributed by atoms with Crippen LogP contribution in [0.5, 0.6) is 0 Å². The van der Waals surface area contributed by atoms with E-state index in [0.29, 0.717) is 5.52 Å². The minimum atomic E-state index is -3.15. The smallest absolute Gasteiger partial charge is 0.329 e. The molecular weight excluding hydrogens is 363 g/mol. The van der Waals surface area contributed by atoms with Gasteiger partial charge in [0.15, 0.2) is 5.82 Å². The Morgan fingerprint density at radius 2 is 1.89 bits per heavy atom. The summed E-state index contributed by atoms with van der Waals surface area (Å²) in [6.07, 6.45) is 1.53. The van der Waals surface area contributed by atoms with E-state index in [1.807, 2.05) is 0 Å². The van der Waals surface area contributed by atoms with E-state index in [0.717, 1.165) is 12.8 Å². The first-order chi connectivity index (χ1) is 12.7. The molecule has 2 aromatic rings. The van der Waals surface area contributed by atoms with E-state index in [9.17, 15) is 23.5 Å². The van der Waals surface area contributed by atoms with Crippen molar-refractivity contribution in [2.24, 2.45) is 5.92 Å². The Morgan fingerprint density at radius 1 is 1.22 bits per heavy atom. The first kappa shape index (κ1) is 18.1. The van der Waals surface area contributed by atoms with E-state index in [1.54, 1.807) is 6.92 Å². The summed E-state index contributed by atoms with van der Waals surface area (Å²) in [7, 11) is 0. The Balaban J connectivity index is 2.02. The second kappa shape index (κ2) is 5.85. The van der Waals surface area contributed by atoms with Crippen molar-refractivity contribution in [2.75, 3.05) is 24.6 Å². The number of nitrogens with zero attached hydrogens (tertiary/aromatic N) is 2. The molecule has 2 N–H and O–H groups in total. The maximum Gasteiger partial charge on any atom is 0.329 e. The number of aliphatic hydroxyl groups excluding tert-OH is 1. The molecule has 0 bridgehead atoms. The highest BCUT2D eigenvalue weighted by Crippen LogP contribution is 2.42. The van der Waals surface area contributed by atoms with Gasteiger partial charge in [-0.15, -0.1) is 0 Å². The van der Waals surface area contributed by atoms with Crippen molar-refractivity contribution in [1.82, 2.24) is 9.55 Å². The Bertz CT molecular complexity index is 1060. The molecular formula is C18H20F3N3O3. The van der Waals surface area contributed by atoms with Gasteiger partial charge in [0.2, 0.25) is 0 Å². The zero-order chi connectivity index (χ0) is 19.7. The lowest BCUT2D eigenvalue weighted by Gasteiger charge is -2.24. The number of halogens is 3. The standard InChI is InChI=1S/C18H20F3N3O3/c1-8-12-14(24(11-3-4-11)17(27)22-16(12)26)9(2)15(13(8)19)23-5-10(6-25)18(20,21)7-23/h10-11,25H,3-7H2,1-2H3,(H,22,26,27). The van der Waals surface area contributed by atoms with Crippen LogP contribution in [0.1, 0.15) is 30.0 Å². The monoisotopic (exact) mass is 383 g/mol. The normalized spacial score (nSPS) is 22.0. The van der Waals surface area contributed by atoms with Crippen LogP contribution in [0.25, 0.3) is 10.9 Å². The number of rotatable bonds is 3. The number of hydrogen-bond acceptors (Lipinski definition) is 4. The SMILES string of the molecule is Cc1c(F)c(N2CC(CO)C(F)(F)C2)c(C)c2c1c(=O)[nH]c(=O)n2C1CC1. The molecule has 1 atom stereocenters. The third kappa shape index (κ3) is 2.59. The van der Waals surface area contributed by atoms with Crippen molar-refractivity contribution in [3.05, 3.63) is 37.8 Å². The van der Waals surface area contributed by atoms with Gasteiger partial charge in [-0.05, 0) is 26.7 Å². The Hall–Kier alpha value is -2.29. The Labute approximate surface area is 152 Å². The van der Waals surface area contributed by atoms with Crippen molar-refractivity contribution in [1.29, 1.82) is 0 Å². The van der Waals surface area contributed by atoms with E-state index in [2.05, 4.69) is 4.98 Å². The molecule has 146 valence electrons. The van der Waals surface area contributed by atoms with Gasteiger partial charge in [-0.2, -0.15) is 0 Å². The van der Waals surface area contributed by atoms with Gasteiger partial charge < -0.3 is 10.0 Å². The first-order valence-corrected chi connectivity index (χ1v) is 8.88. The predicted octanol–water partition coefficient (Wildman–Crippen LogP) is 1.84. The number of aromatic amines is 1. The second-order valence-corrected chi connectivity index (χ2v) is 7.52. The van der Waals surface area contributed by atoms with Crippen LogP contribution in [0.4, 0.5) is 18.9 Å². The van der Waals surface area contributed by atoms with Crippen LogP contribution in [0, 0.1) is 25.6 Å². The molecule has 2 aliphatic rings. The molecule has 27 heavy (non-hydrogen) atoms. The summed E-state index contributed by atoms with van der Waals surface area (Å²) >= 11 is 0. The molecule has 9 heteroatoms. The highest BCUT2D eigenvalue weighted by Gasteiger charge is 2.48. The van der Waals surface area contributed by atoms with E-state index >= 15 is 4.39 Å². The van der Waals surface area contributed by atoms with Gasteiger partial charge in [-0.25, -0.2) is 18.0 Å². The quantitative estimate of drug-likeness (QED) is 0.848. The number of aryl methyl sites for hydroxylation is 2. The Morgan fingerprint density at radius 3 is 2.44 bits per heavy atom. The van der Waals surface area contributed by atoms with Gasteiger partial charge in [-0.1, -0.05) is 0 Å². The fraction of sp³-hybridized carbons (Fsp3) is 0.556. The van der Waals surface area contributed by atoms with Crippen molar-refractivity contribution in [2.45, 2.75) is 38.7 Å². The lowest BCUT2D eigenvalue weighted by molar-refractivity contribution is -0.0391. The van der Waals surface area contributed by atoms with Gasteiger partial charge in [0.25, 0.3) is 11.5 Å². The number of hydrogen-bond donors (Lipinski definition) is 2. The number of alkyl halides is 2. The minimum absolute atomic E-state index is 0.0250. The molecule has 0 spiro atoms. The van der Waals surface area contributed by atoms with Crippen LogP contribution in [-0.2, 0) is 0 Å². The van der Waals surface area contributed by atoms with Gasteiger partial charge >= 0.3 is 5.69 Å². The molecule has 1 saturated carbocycles. The summed E-state index contributed by atoms with van der Waals surface area (Å²) in [6, 6.07) is -0.0847. The van der Waals surface area contributed by atoms with Crippen LogP contribution in [0.15, 0.2) is 9.59 Å². The second-order valence-electron chi connectivity index (χ2n) is 7.52. The van der Waals surface area contributed by atoms with Crippen molar-refractivity contribution < 1.29 is 18.3 Å². The van der Waals surface area contributed by atoms with Gasteiger partial charge in [0.1, 0.15) is 0 Å². The zero-order valence-electron chi connectivity index (χ0n) is 15.0. The molecule has 6 nitrogen and oxygen atoms in total. The maximum atomic E-state index is 15.2. The summed E-state index contributed by atoms with van der Waals surface area (Å²) in [5.41, 5.74) is -0.673. The molecule has 2 heterocycles. The number of anilines is 1. The van der Waals surface area contributed by atoms with Gasteiger partial charge in [-0.3, -0.25) is 14.3 Å². The highest BCUT2D eigenvalue weighted by molar-refractivity contribution is 5.90. The Kier molecular flexibility index (Phi) is 3.92. The summed E-state index contributed by atoms with van der Waals surface area (Å²) in [5, 5.41) is 9.31. The van der Waals surface area contributed by atoms with Crippen LogP contribution < -0.4 is 16.1 Å². The molecule has 1 aliphatic heterocycles. The number of H-pyrrole nitrogens is 1. The van der Waals surface area contributed by atoms with Crippen LogP contribution in [-0.4, -0.2) is 40.3 Å². The van der Waals surface area contributed by atoms with Crippen LogP contribution in [0.2, 0.25) is 0 Å². The summed E-state index contributed by atoms with van der Waals surface area (Å²) < 4.78 is 44.9. The number of aliphatic hydroxyl groups is 1. The molecule has 0 radical (unpaired) electrons. The van der Waals surface area contributed by atoms with Crippen molar-refractivity contribution >= 4 is 16.6 Å². The van der Waals surface area contributed by atoms with Gasteiger partial charge in [0, 0.05) is 23.7 Å². The molecule has 0 amide bonds. The summed E-state index contributed by atoms with van der Waals surface area (Å²) in [5.74, 6) is -5.20. The number of benzene rings is 1. The molecule has 1 unspecified atom stereocenters. The van der Waals surface area contributed by atoms with Crippen LogP contribution >= 0.6 is 0 Å². The zero-order valence-corrected chi connectivity index (χ0v) is 15.0. The topological polar surface area (TPSA) is 78.3 Å². The summed E-state index contributed by atoms with van der Waals surface area (Å²) in [4.78, 5) is 28.2. The molecule has 2 fully saturated rings. The molecule has 1 aromatic carbocycles. The number of fused-ring (bicyclic) bond motifs is 1. The fourth-order valence-corrected chi connectivity index (χ4v) is 4.10. The lowest BCUT2D eigenvalue weighted by atomic mass is 10.0. The fourth-order valence-electron chi connectivity index (χ4n) is 4.10. The van der Waals surface area contributed by atoms with E-state index in [1.165, 1.54) is 16.4 Å². The highest BCUT2D eigenvalue weighted by atomic mass is 19.3. The number of aromatic nitrogens is 2. The third-order valence-electron chi connectivity index (χ3n) is 5.65. The van der Waals surface area contributed by atoms with E-state index in [-0.39, 0.29) is 34.8 Å². The van der Waals surface area contributed by atoms with Crippen LogP contribution in [0.3, 0.4) is 0 Å². The predicted molar refractivity (Wildman–Crippen MR) is 94.3 cm³/mol. The average molecular weight is 383 g/mol. The van der Waals surface area contributed by atoms with E-state index in [4.69, 9.17) is 0 Å². The summed E-state index contributed by atoms with van der Waals surface area (Å²) in [6.45, 7) is 1.32. The molecule has 1 aromatic heterocycles. The first-order valence-electron chi connectivity index (χ1n) is 8.88. The van der Waals surface area contributed by atoms with Gasteiger partial charge in [0.05, 0.1) is 35.7 Å². The maximum absolute atomic E-state index is 15.2. The minimum Gasteiger partial charge on any atom is -0.396 e. The molecule has 4 rings (SSSR count). The number of nitrogens with one attached hydrogen (secondary N) is 1. The largest absolute Gasteiger partial charge is 0.396 e. The lowest BCUT2D eigenvalue weighted by Crippen LogP contribution is -2.32. The molecule has 1 aliphatic carbocycles. The third-order valence-corrected chi connectivity index (χ3v) is 5.65. The van der Waals surface area contributed by atoms with Crippen molar-refractivity contribution in [3.63, 3.8) is 0 Å². The van der Waals surface area contributed by atoms with E-state index < -0.39 is 42.1 Å². The van der Waals surface area contributed by atoms with Crippen molar-refractivity contribution in [3.8, 4) is 0 Å². The average Bonchev–Trinajstić information content (AvgIpc) is 3.36. The molecule has 1 saturated heterocycles.